The highest BCUT2D eigenvalue weighted by Gasteiger charge is 2.15. The zero-order chi connectivity index (χ0) is 15.4. The van der Waals surface area contributed by atoms with Gasteiger partial charge in [0.05, 0.1) is 4.92 Å². The van der Waals surface area contributed by atoms with Crippen LogP contribution in [0, 0.1) is 10.1 Å². The monoisotopic (exact) mass is 288 g/mol. The highest BCUT2D eigenvalue weighted by molar-refractivity contribution is 5.93. The number of anilines is 1. The molecule has 0 aliphatic rings. The molecule has 0 saturated carbocycles. The number of non-ortho nitro benzene ring substituents is 1. The number of nitro groups is 1. The van der Waals surface area contributed by atoms with Crippen LogP contribution in [0.5, 0.6) is 0 Å². The number of carbonyl (C=O) groups is 1. The van der Waals surface area contributed by atoms with Crippen molar-refractivity contribution in [3.8, 4) is 11.4 Å². The lowest BCUT2D eigenvalue weighted by atomic mass is 10.2. The molecule has 2 N–H and O–H groups in total. The number of rotatable bonds is 5. The molecule has 0 radical (unpaired) electrons. The highest BCUT2D eigenvalue weighted by Crippen LogP contribution is 2.23. The second-order valence-electron chi connectivity index (χ2n) is 4.10. The van der Waals surface area contributed by atoms with Gasteiger partial charge in [-0.25, -0.2) is 14.8 Å². The molecule has 0 bridgehead atoms. The summed E-state index contributed by atoms with van der Waals surface area (Å²) in [6.45, 7) is 2.30. The molecule has 108 valence electrons. The molecule has 2 rings (SSSR count). The predicted octanol–water partition coefficient (Wildman–Crippen LogP) is 2.18. The summed E-state index contributed by atoms with van der Waals surface area (Å²) < 4.78 is 0. The van der Waals surface area contributed by atoms with Crippen LogP contribution >= 0.6 is 0 Å². The Morgan fingerprint density at radius 3 is 2.86 bits per heavy atom. The summed E-state index contributed by atoms with van der Waals surface area (Å²) in [5.41, 5.74) is 0.315. The van der Waals surface area contributed by atoms with Crippen LogP contribution in [0.1, 0.15) is 17.3 Å². The van der Waals surface area contributed by atoms with Crippen molar-refractivity contribution >= 4 is 17.5 Å². The van der Waals surface area contributed by atoms with Crippen LogP contribution in [0.4, 0.5) is 11.5 Å². The molecular weight excluding hydrogens is 276 g/mol. The number of hydrogen-bond donors (Lipinski definition) is 2. The third-order valence-electron chi connectivity index (χ3n) is 2.68. The number of aromatic nitrogens is 2. The number of hydrogen-bond acceptors (Lipinski definition) is 6. The van der Waals surface area contributed by atoms with Crippen LogP contribution in [-0.2, 0) is 0 Å². The van der Waals surface area contributed by atoms with Gasteiger partial charge in [-0.15, -0.1) is 0 Å². The normalized spacial score (nSPS) is 10.1. The molecule has 0 spiro atoms. The Balaban J connectivity index is 2.49. The van der Waals surface area contributed by atoms with E-state index in [0.717, 1.165) is 0 Å². The van der Waals surface area contributed by atoms with E-state index in [1.807, 2.05) is 0 Å². The van der Waals surface area contributed by atoms with Crippen molar-refractivity contribution in [3.05, 3.63) is 46.1 Å². The first-order valence-corrected chi connectivity index (χ1v) is 6.12. The third-order valence-corrected chi connectivity index (χ3v) is 2.68. The van der Waals surface area contributed by atoms with E-state index in [9.17, 15) is 14.9 Å². The third kappa shape index (κ3) is 3.11. The minimum absolute atomic E-state index is 0.0500. The summed E-state index contributed by atoms with van der Waals surface area (Å²) in [5, 5.41) is 22.7. The number of carboxylic acids is 1. The first-order valence-electron chi connectivity index (χ1n) is 6.12. The Morgan fingerprint density at radius 1 is 1.48 bits per heavy atom. The van der Waals surface area contributed by atoms with Crippen molar-refractivity contribution in [2.75, 3.05) is 11.9 Å². The molecule has 2 aromatic rings. The number of carboxylic acid groups (broad SMARTS) is 1. The van der Waals surface area contributed by atoms with E-state index in [1.165, 1.54) is 24.4 Å². The minimum Gasteiger partial charge on any atom is -0.477 e. The number of nitro benzene ring substituents is 1. The Kier molecular flexibility index (Phi) is 4.07. The fourth-order valence-corrected chi connectivity index (χ4v) is 1.74. The highest BCUT2D eigenvalue weighted by atomic mass is 16.6. The maximum atomic E-state index is 11.1. The SMILES string of the molecule is CCNc1nc(-c2cccc([N+](=O)[O-])c2)ncc1C(=O)O. The Bertz CT molecular complexity index is 702. The van der Waals surface area contributed by atoms with Gasteiger partial charge in [0.15, 0.2) is 5.82 Å². The van der Waals surface area contributed by atoms with E-state index in [1.54, 1.807) is 13.0 Å². The molecule has 0 saturated heterocycles. The van der Waals surface area contributed by atoms with E-state index >= 15 is 0 Å². The zero-order valence-corrected chi connectivity index (χ0v) is 11.1. The standard InChI is InChI=1S/C13H12N4O4/c1-2-14-12-10(13(18)19)7-15-11(16-12)8-4-3-5-9(6-8)17(20)21/h3-7H,2H2,1H3,(H,18,19)(H,14,15,16). The molecule has 8 heteroatoms. The molecule has 0 atom stereocenters. The summed E-state index contributed by atoms with van der Waals surface area (Å²) in [6.07, 6.45) is 1.18. The van der Waals surface area contributed by atoms with Crippen LogP contribution in [-0.4, -0.2) is 32.5 Å². The molecule has 0 amide bonds. The average Bonchev–Trinajstić information content (AvgIpc) is 2.47. The van der Waals surface area contributed by atoms with Crippen LogP contribution < -0.4 is 5.32 Å². The first-order chi connectivity index (χ1) is 10.0. The maximum absolute atomic E-state index is 11.1. The van der Waals surface area contributed by atoms with Gasteiger partial charge in [-0.05, 0) is 6.92 Å². The van der Waals surface area contributed by atoms with Gasteiger partial charge in [0.25, 0.3) is 5.69 Å². The minimum atomic E-state index is -1.14. The molecule has 0 aliphatic carbocycles. The quantitative estimate of drug-likeness (QED) is 0.639. The lowest BCUT2D eigenvalue weighted by molar-refractivity contribution is -0.384. The maximum Gasteiger partial charge on any atom is 0.341 e. The van der Waals surface area contributed by atoms with Crippen LogP contribution in [0.15, 0.2) is 30.5 Å². The van der Waals surface area contributed by atoms with Gasteiger partial charge in [0.1, 0.15) is 11.4 Å². The van der Waals surface area contributed by atoms with Gasteiger partial charge in [-0.2, -0.15) is 0 Å². The molecule has 8 nitrogen and oxygen atoms in total. The van der Waals surface area contributed by atoms with Crippen molar-refractivity contribution in [2.45, 2.75) is 6.92 Å². The van der Waals surface area contributed by atoms with E-state index < -0.39 is 10.9 Å². The largest absolute Gasteiger partial charge is 0.477 e. The number of nitrogens with one attached hydrogen (secondary N) is 1. The van der Waals surface area contributed by atoms with E-state index in [2.05, 4.69) is 15.3 Å². The van der Waals surface area contributed by atoms with Crippen molar-refractivity contribution in [1.82, 2.24) is 9.97 Å². The lowest BCUT2D eigenvalue weighted by Gasteiger charge is -2.08. The second-order valence-corrected chi connectivity index (χ2v) is 4.10. The molecule has 0 aliphatic heterocycles. The van der Waals surface area contributed by atoms with Gasteiger partial charge < -0.3 is 10.4 Å². The zero-order valence-electron chi connectivity index (χ0n) is 11.1. The average molecular weight is 288 g/mol. The van der Waals surface area contributed by atoms with Gasteiger partial charge in [-0.3, -0.25) is 10.1 Å². The Morgan fingerprint density at radius 2 is 2.24 bits per heavy atom. The summed E-state index contributed by atoms with van der Waals surface area (Å²) in [6, 6.07) is 5.85. The molecule has 1 aromatic heterocycles. The van der Waals surface area contributed by atoms with Gasteiger partial charge in [-0.1, -0.05) is 12.1 Å². The van der Waals surface area contributed by atoms with Gasteiger partial charge in [0.2, 0.25) is 0 Å². The molecule has 1 heterocycles. The summed E-state index contributed by atoms with van der Waals surface area (Å²) >= 11 is 0. The molecular formula is C13H12N4O4. The summed E-state index contributed by atoms with van der Waals surface area (Å²) in [5.74, 6) is -0.738. The second kappa shape index (κ2) is 5.95. The van der Waals surface area contributed by atoms with Crippen molar-refractivity contribution in [1.29, 1.82) is 0 Å². The van der Waals surface area contributed by atoms with Crippen LogP contribution in [0.25, 0.3) is 11.4 Å². The van der Waals surface area contributed by atoms with Crippen molar-refractivity contribution in [2.24, 2.45) is 0 Å². The fourth-order valence-electron chi connectivity index (χ4n) is 1.74. The molecule has 0 fully saturated rings. The number of benzene rings is 1. The van der Waals surface area contributed by atoms with E-state index in [-0.39, 0.29) is 22.9 Å². The van der Waals surface area contributed by atoms with E-state index in [0.29, 0.717) is 12.1 Å². The van der Waals surface area contributed by atoms with Crippen LogP contribution in [0.3, 0.4) is 0 Å². The summed E-state index contributed by atoms with van der Waals surface area (Å²) in [7, 11) is 0. The number of nitrogens with zero attached hydrogens (tertiary/aromatic N) is 3. The van der Waals surface area contributed by atoms with Crippen LogP contribution in [0.2, 0.25) is 0 Å². The Hall–Kier alpha value is -3.03. The van der Waals surface area contributed by atoms with Crippen molar-refractivity contribution < 1.29 is 14.8 Å². The van der Waals surface area contributed by atoms with Crippen molar-refractivity contribution in [3.63, 3.8) is 0 Å². The smallest absolute Gasteiger partial charge is 0.341 e. The molecule has 21 heavy (non-hydrogen) atoms. The number of aromatic carboxylic acids is 1. The Labute approximate surface area is 119 Å². The van der Waals surface area contributed by atoms with E-state index in [4.69, 9.17) is 5.11 Å². The fraction of sp³-hybridized carbons (Fsp3) is 0.154. The molecule has 1 aromatic carbocycles. The summed E-state index contributed by atoms with van der Waals surface area (Å²) in [4.78, 5) is 29.4. The first kappa shape index (κ1) is 14.4. The van der Waals surface area contributed by atoms with Gasteiger partial charge >= 0.3 is 5.97 Å². The van der Waals surface area contributed by atoms with Gasteiger partial charge in [0, 0.05) is 30.4 Å². The topological polar surface area (TPSA) is 118 Å². The molecule has 0 unspecified atom stereocenters. The lowest BCUT2D eigenvalue weighted by Crippen LogP contribution is -2.09. The predicted molar refractivity (Wildman–Crippen MR) is 75.2 cm³/mol.